The Kier molecular flexibility index (Phi) is 6.02. The molecule has 0 aromatic carbocycles. The molecule has 0 aliphatic carbocycles. The molecule has 0 radical (unpaired) electrons. The highest BCUT2D eigenvalue weighted by Gasteiger charge is 2.26. The molecule has 0 fully saturated rings. The van der Waals surface area contributed by atoms with Crippen molar-refractivity contribution in [1.82, 2.24) is 9.97 Å². The molecular formula is C23H36N2S. The Morgan fingerprint density at radius 1 is 0.885 bits per heavy atom. The summed E-state index contributed by atoms with van der Waals surface area (Å²) in [5, 5.41) is 2.33. The summed E-state index contributed by atoms with van der Waals surface area (Å²) in [5.41, 5.74) is 3.93. The maximum atomic E-state index is 4.74. The molecule has 0 amide bonds. The molecule has 2 aromatic rings. The van der Waals surface area contributed by atoms with Crippen LogP contribution in [0.4, 0.5) is 0 Å². The van der Waals surface area contributed by atoms with Gasteiger partial charge in [-0.3, -0.25) is 9.97 Å². The number of nitrogens with zero attached hydrogens (tertiary/aromatic N) is 2. The van der Waals surface area contributed by atoms with Crippen LogP contribution in [-0.2, 0) is 16.2 Å². The largest absolute Gasteiger partial charge is 0.257 e. The van der Waals surface area contributed by atoms with Crippen molar-refractivity contribution in [3.63, 3.8) is 0 Å². The van der Waals surface area contributed by atoms with Gasteiger partial charge in [0.1, 0.15) is 0 Å². The highest BCUT2D eigenvalue weighted by atomic mass is 32.1. The van der Waals surface area contributed by atoms with E-state index in [-0.39, 0.29) is 16.2 Å². The molecule has 3 heteroatoms. The lowest BCUT2D eigenvalue weighted by Crippen LogP contribution is -2.22. The highest BCUT2D eigenvalue weighted by Crippen LogP contribution is 2.36. The van der Waals surface area contributed by atoms with Gasteiger partial charge in [-0.2, -0.15) is 0 Å². The van der Waals surface area contributed by atoms with Gasteiger partial charge in [0, 0.05) is 28.1 Å². The first-order valence-electron chi connectivity index (χ1n) is 9.72. The summed E-state index contributed by atoms with van der Waals surface area (Å²) in [5.74, 6) is 0.581. The van der Waals surface area contributed by atoms with Crippen molar-refractivity contribution in [2.75, 3.05) is 0 Å². The first kappa shape index (κ1) is 21.1. The van der Waals surface area contributed by atoms with Crippen LogP contribution in [0.1, 0.15) is 103 Å². The van der Waals surface area contributed by atoms with Crippen molar-refractivity contribution >= 4 is 11.3 Å². The zero-order valence-electron chi connectivity index (χ0n) is 18.1. The van der Waals surface area contributed by atoms with Crippen LogP contribution in [0.5, 0.6) is 0 Å². The van der Waals surface area contributed by atoms with Crippen molar-refractivity contribution in [2.24, 2.45) is 0 Å². The molecule has 2 rings (SSSR count). The molecule has 144 valence electrons. The van der Waals surface area contributed by atoms with Gasteiger partial charge in [0.25, 0.3) is 0 Å². The van der Waals surface area contributed by atoms with E-state index in [0.29, 0.717) is 5.92 Å². The number of hydrogen-bond acceptors (Lipinski definition) is 3. The average Bonchev–Trinajstić information content (AvgIpc) is 3.02. The van der Waals surface area contributed by atoms with Crippen molar-refractivity contribution < 1.29 is 0 Å². The van der Waals surface area contributed by atoms with Gasteiger partial charge < -0.3 is 0 Å². The monoisotopic (exact) mass is 372 g/mol. The van der Waals surface area contributed by atoms with Crippen molar-refractivity contribution in [3.05, 3.63) is 45.7 Å². The minimum absolute atomic E-state index is 0.0434. The van der Waals surface area contributed by atoms with E-state index in [4.69, 9.17) is 4.98 Å². The summed E-state index contributed by atoms with van der Waals surface area (Å²) >= 11 is 1.91. The standard InChI is InChI=1S/C23H36N2S/c1-16(18-12-17(15-26-18)21(2,3)4)10-11-23(8,9)20-14-24-19(13-25-20)22(5,6)7/h12-16H,10-11H2,1-9H3. The summed E-state index contributed by atoms with van der Waals surface area (Å²) in [6, 6.07) is 2.40. The fourth-order valence-corrected chi connectivity index (χ4v) is 4.15. The summed E-state index contributed by atoms with van der Waals surface area (Å²) in [6.07, 6.45) is 6.21. The normalized spacial score (nSPS) is 14.5. The first-order valence-corrected chi connectivity index (χ1v) is 10.6. The van der Waals surface area contributed by atoms with E-state index in [2.05, 4.69) is 78.7 Å². The second-order valence-electron chi connectivity index (χ2n) is 10.3. The van der Waals surface area contributed by atoms with Gasteiger partial charge in [0.05, 0.1) is 11.4 Å². The molecular weight excluding hydrogens is 336 g/mol. The third-order valence-electron chi connectivity index (χ3n) is 5.29. The lowest BCUT2D eigenvalue weighted by molar-refractivity contribution is 0.426. The lowest BCUT2D eigenvalue weighted by Gasteiger charge is -2.26. The summed E-state index contributed by atoms with van der Waals surface area (Å²) < 4.78 is 0. The minimum Gasteiger partial charge on any atom is -0.257 e. The molecule has 2 nitrogen and oxygen atoms in total. The third-order valence-corrected chi connectivity index (χ3v) is 6.45. The van der Waals surface area contributed by atoms with E-state index >= 15 is 0 Å². The van der Waals surface area contributed by atoms with Gasteiger partial charge in [0.2, 0.25) is 0 Å². The Bertz CT molecular complexity index is 712. The number of rotatable bonds is 5. The molecule has 0 spiro atoms. The quantitative estimate of drug-likeness (QED) is 0.565. The van der Waals surface area contributed by atoms with E-state index in [1.165, 1.54) is 16.9 Å². The zero-order chi connectivity index (χ0) is 19.8. The Balaban J connectivity index is 2.04. The molecule has 0 saturated carbocycles. The van der Waals surface area contributed by atoms with Gasteiger partial charge >= 0.3 is 0 Å². The van der Waals surface area contributed by atoms with Gasteiger partial charge in [-0.1, -0.05) is 62.3 Å². The Hall–Kier alpha value is -1.22. The third kappa shape index (κ3) is 5.16. The Labute approximate surface area is 164 Å². The van der Waals surface area contributed by atoms with Crippen molar-refractivity contribution in [3.8, 4) is 0 Å². The number of aromatic nitrogens is 2. The maximum Gasteiger partial charge on any atom is 0.0643 e. The molecule has 1 atom stereocenters. The molecule has 1 unspecified atom stereocenters. The summed E-state index contributed by atoms with van der Waals surface area (Å²) in [6.45, 7) is 20.3. The molecule has 26 heavy (non-hydrogen) atoms. The van der Waals surface area contributed by atoms with E-state index in [1.54, 1.807) is 0 Å². The van der Waals surface area contributed by atoms with Gasteiger partial charge in [-0.05, 0) is 41.2 Å². The van der Waals surface area contributed by atoms with Gasteiger partial charge in [0.15, 0.2) is 0 Å². The molecule has 0 aliphatic heterocycles. The van der Waals surface area contributed by atoms with Crippen molar-refractivity contribution in [1.29, 1.82) is 0 Å². The van der Waals surface area contributed by atoms with E-state index < -0.39 is 0 Å². The fraction of sp³-hybridized carbons (Fsp3) is 0.652. The summed E-state index contributed by atoms with van der Waals surface area (Å²) in [7, 11) is 0. The Morgan fingerprint density at radius 3 is 1.92 bits per heavy atom. The minimum atomic E-state index is 0.0434. The molecule has 2 aromatic heterocycles. The topological polar surface area (TPSA) is 25.8 Å². The van der Waals surface area contributed by atoms with Crippen LogP contribution in [0.25, 0.3) is 0 Å². The van der Waals surface area contributed by atoms with Crippen LogP contribution in [0, 0.1) is 0 Å². The Morgan fingerprint density at radius 2 is 1.46 bits per heavy atom. The van der Waals surface area contributed by atoms with Crippen LogP contribution in [-0.4, -0.2) is 9.97 Å². The maximum absolute atomic E-state index is 4.74. The predicted molar refractivity (Wildman–Crippen MR) is 114 cm³/mol. The van der Waals surface area contributed by atoms with Crippen LogP contribution < -0.4 is 0 Å². The number of hydrogen-bond donors (Lipinski definition) is 0. The van der Waals surface area contributed by atoms with E-state index in [1.807, 2.05) is 23.7 Å². The van der Waals surface area contributed by atoms with E-state index in [9.17, 15) is 0 Å². The molecule has 2 heterocycles. The molecule has 0 saturated heterocycles. The number of thiophene rings is 1. The predicted octanol–water partition coefficient (Wildman–Crippen LogP) is 6.99. The van der Waals surface area contributed by atoms with Crippen LogP contribution in [0.2, 0.25) is 0 Å². The molecule has 0 bridgehead atoms. The van der Waals surface area contributed by atoms with Crippen molar-refractivity contribution in [2.45, 2.75) is 97.3 Å². The van der Waals surface area contributed by atoms with Gasteiger partial charge in [-0.15, -0.1) is 11.3 Å². The average molecular weight is 373 g/mol. The van der Waals surface area contributed by atoms with Gasteiger partial charge in [-0.25, -0.2) is 0 Å². The molecule has 0 aliphatic rings. The SMILES string of the molecule is CC(CCC(C)(C)c1cnc(C(C)(C)C)cn1)c1cc(C(C)(C)C)cs1. The lowest BCUT2D eigenvalue weighted by atomic mass is 9.81. The second kappa shape index (κ2) is 7.42. The fourth-order valence-electron chi connectivity index (χ4n) is 2.92. The zero-order valence-corrected chi connectivity index (χ0v) is 18.9. The highest BCUT2D eigenvalue weighted by molar-refractivity contribution is 7.10. The molecule has 0 N–H and O–H groups in total. The first-order chi connectivity index (χ1) is 11.8. The van der Waals surface area contributed by atoms with Crippen LogP contribution in [0.15, 0.2) is 23.8 Å². The smallest absolute Gasteiger partial charge is 0.0643 e. The van der Waals surface area contributed by atoms with Crippen LogP contribution >= 0.6 is 11.3 Å². The second-order valence-corrected chi connectivity index (χ2v) is 11.3. The summed E-state index contributed by atoms with van der Waals surface area (Å²) in [4.78, 5) is 10.9. The van der Waals surface area contributed by atoms with E-state index in [0.717, 1.165) is 17.8 Å². The van der Waals surface area contributed by atoms with Crippen LogP contribution in [0.3, 0.4) is 0 Å².